The van der Waals surface area contributed by atoms with Crippen molar-refractivity contribution < 1.29 is 28.3 Å². The lowest BCUT2D eigenvalue weighted by molar-refractivity contribution is -0.140. The molecule has 0 bridgehead atoms. The van der Waals surface area contributed by atoms with Crippen LogP contribution >= 0.6 is 0 Å². The fourth-order valence-electron chi connectivity index (χ4n) is 4.15. The Morgan fingerprint density at radius 1 is 0.943 bits per heavy atom. The third kappa shape index (κ3) is 4.36. The predicted molar refractivity (Wildman–Crippen MR) is 127 cm³/mol. The van der Waals surface area contributed by atoms with Gasteiger partial charge in [0.05, 0.1) is 24.6 Å². The van der Waals surface area contributed by atoms with Gasteiger partial charge in [-0.2, -0.15) is 0 Å². The van der Waals surface area contributed by atoms with Crippen LogP contribution in [0.3, 0.4) is 0 Å². The van der Waals surface area contributed by atoms with Crippen LogP contribution in [0.5, 0.6) is 5.75 Å². The number of furan rings is 2. The summed E-state index contributed by atoms with van der Waals surface area (Å²) in [7, 11) is 0. The highest BCUT2D eigenvalue weighted by Gasteiger charge is 2.47. The van der Waals surface area contributed by atoms with Crippen LogP contribution in [-0.2, 0) is 22.7 Å². The lowest BCUT2D eigenvalue weighted by Gasteiger charge is -2.22. The van der Waals surface area contributed by atoms with Crippen molar-refractivity contribution in [3.8, 4) is 5.75 Å². The van der Waals surface area contributed by atoms with Crippen molar-refractivity contribution in [3.05, 3.63) is 119 Å². The Morgan fingerprint density at radius 3 is 2.37 bits per heavy atom. The van der Waals surface area contributed by atoms with E-state index in [1.165, 1.54) is 17.4 Å². The molecule has 1 N–H and O–H groups in total. The van der Waals surface area contributed by atoms with Crippen molar-refractivity contribution >= 4 is 17.4 Å². The molecule has 5 rings (SSSR count). The molecule has 7 heteroatoms. The van der Waals surface area contributed by atoms with Crippen molar-refractivity contribution in [2.45, 2.75) is 26.1 Å². The number of aliphatic hydroxyl groups is 1. The van der Waals surface area contributed by atoms with Gasteiger partial charge in [0.2, 0.25) is 0 Å². The molecule has 1 fully saturated rings. The van der Waals surface area contributed by atoms with Gasteiger partial charge in [0, 0.05) is 5.56 Å². The molecule has 0 spiro atoms. The highest BCUT2D eigenvalue weighted by atomic mass is 16.5. The van der Waals surface area contributed by atoms with Gasteiger partial charge in [-0.3, -0.25) is 9.59 Å². The number of carbonyl (C=O) groups excluding carboxylic acids is 2. The highest BCUT2D eigenvalue weighted by molar-refractivity contribution is 6.46. The SMILES string of the molecule is Cc1ccccc1COc1ccc(C(O)=C2C(=O)C(=O)N(Cc3ccco3)C2c2ccco2)cc1. The van der Waals surface area contributed by atoms with Gasteiger partial charge >= 0.3 is 0 Å². The molecule has 2 aromatic carbocycles. The van der Waals surface area contributed by atoms with Crippen molar-refractivity contribution in [2.24, 2.45) is 0 Å². The molecule has 4 aromatic rings. The standard InChI is InChI=1S/C28H23NO6/c1-18-6-2-3-7-20(18)17-35-21-12-10-19(11-13-21)26(30)24-25(23-9-5-15-34-23)29(28(32)27(24)31)16-22-8-4-14-33-22/h2-15,25,30H,16-17H2,1H3. The molecular weight excluding hydrogens is 446 g/mol. The Bertz CT molecular complexity index is 1370. The number of aliphatic hydroxyl groups excluding tert-OH is 1. The highest BCUT2D eigenvalue weighted by Crippen LogP contribution is 2.40. The van der Waals surface area contributed by atoms with Gasteiger partial charge in [-0.1, -0.05) is 24.3 Å². The van der Waals surface area contributed by atoms with E-state index in [1.54, 1.807) is 48.5 Å². The number of rotatable bonds is 7. The molecular formula is C28H23NO6. The van der Waals surface area contributed by atoms with Crippen molar-refractivity contribution in [1.82, 2.24) is 4.90 Å². The van der Waals surface area contributed by atoms with Gasteiger partial charge < -0.3 is 23.6 Å². The summed E-state index contributed by atoms with van der Waals surface area (Å²) in [6, 6.07) is 20.6. The average Bonchev–Trinajstić information content (AvgIpc) is 3.63. The molecule has 0 saturated carbocycles. The molecule has 0 aliphatic carbocycles. The van der Waals surface area contributed by atoms with Crippen LogP contribution in [0, 0.1) is 6.92 Å². The van der Waals surface area contributed by atoms with E-state index < -0.39 is 17.7 Å². The fourth-order valence-corrected chi connectivity index (χ4v) is 4.15. The predicted octanol–water partition coefficient (Wildman–Crippen LogP) is 5.38. The quantitative estimate of drug-likeness (QED) is 0.222. The third-order valence-electron chi connectivity index (χ3n) is 6.04. The second-order valence-electron chi connectivity index (χ2n) is 8.26. The first-order chi connectivity index (χ1) is 17.0. The van der Waals surface area contributed by atoms with E-state index in [4.69, 9.17) is 13.6 Å². The normalized spacial score (nSPS) is 17.2. The van der Waals surface area contributed by atoms with E-state index >= 15 is 0 Å². The van der Waals surface area contributed by atoms with E-state index in [1.807, 2.05) is 31.2 Å². The first kappa shape index (κ1) is 22.3. The maximum Gasteiger partial charge on any atom is 0.296 e. The number of likely N-dealkylation sites (tertiary alicyclic amines) is 1. The van der Waals surface area contributed by atoms with E-state index in [9.17, 15) is 14.7 Å². The number of hydrogen-bond donors (Lipinski definition) is 1. The van der Waals surface area contributed by atoms with E-state index in [-0.39, 0.29) is 17.9 Å². The van der Waals surface area contributed by atoms with E-state index in [2.05, 4.69) is 0 Å². The van der Waals surface area contributed by atoms with Gasteiger partial charge in [-0.15, -0.1) is 0 Å². The molecule has 1 aliphatic heterocycles. The third-order valence-corrected chi connectivity index (χ3v) is 6.04. The minimum absolute atomic E-state index is 0.0370. The second-order valence-corrected chi connectivity index (χ2v) is 8.26. The summed E-state index contributed by atoms with van der Waals surface area (Å²) in [6.45, 7) is 2.50. The minimum atomic E-state index is -0.882. The maximum atomic E-state index is 13.0. The summed E-state index contributed by atoms with van der Waals surface area (Å²) in [5, 5.41) is 11.1. The molecule has 7 nitrogen and oxygen atoms in total. The number of nitrogens with zero attached hydrogens (tertiary/aromatic N) is 1. The Kier molecular flexibility index (Phi) is 5.97. The van der Waals surface area contributed by atoms with Crippen molar-refractivity contribution in [3.63, 3.8) is 0 Å². The van der Waals surface area contributed by atoms with Crippen LogP contribution in [-0.4, -0.2) is 21.7 Å². The van der Waals surface area contributed by atoms with Gasteiger partial charge in [-0.25, -0.2) is 0 Å². The van der Waals surface area contributed by atoms with Gasteiger partial charge in [0.1, 0.15) is 35.7 Å². The lowest BCUT2D eigenvalue weighted by atomic mass is 9.99. The zero-order valence-corrected chi connectivity index (χ0v) is 19.0. The number of hydrogen-bond acceptors (Lipinski definition) is 6. The summed E-state index contributed by atoms with van der Waals surface area (Å²) in [4.78, 5) is 27.3. The number of carbonyl (C=O) groups is 2. The van der Waals surface area contributed by atoms with Gasteiger partial charge in [0.15, 0.2) is 0 Å². The molecule has 3 heterocycles. The molecule has 1 unspecified atom stereocenters. The summed E-state index contributed by atoms with van der Waals surface area (Å²) < 4.78 is 16.8. The molecule has 1 aliphatic rings. The zero-order chi connectivity index (χ0) is 24.4. The Morgan fingerprint density at radius 2 is 1.69 bits per heavy atom. The Hall–Kier alpha value is -4.52. The number of Topliss-reactive ketones (excluding diaryl/α,β-unsaturated/α-hetero) is 1. The van der Waals surface area contributed by atoms with E-state index in [0.29, 0.717) is 29.4 Å². The monoisotopic (exact) mass is 469 g/mol. The van der Waals surface area contributed by atoms with Crippen LogP contribution < -0.4 is 4.74 Å². The van der Waals surface area contributed by atoms with Gasteiger partial charge in [0.25, 0.3) is 11.7 Å². The largest absolute Gasteiger partial charge is 0.507 e. The maximum absolute atomic E-state index is 13.0. The fraction of sp³-hybridized carbons (Fsp3) is 0.143. The van der Waals surface area contributed by atoms with Crippen LogP contribution in [0.2, 0.25) is 0 Å². The first-order valence-corrected chi connectivity index (χ1v) is 11.1. The first-order valence-electron chi connectivity index (χ1n) is 11.1. The average molecular weight is 469 g/mol. The Labute approximate surface area is 201 Å². The van der Waals surface area contributed by atoms with E-state index in [0.717, 1.165) is 11.1 Å². The lowest BCUT2D eigenvalue weighted by Crippen LogP contribution is -2.28. The van der Waals surface area contributed by atoms with Crippen LogP contribution in [0.15, 0.2) is 99.7 Å². The molecule has 176 valence electrons. The Balaban J connectivity index is 1.44. The van der Waals surface area contributed by atoms with Crippen molar-refractivity contribution in [2.75, 3.05) is 0 Å². The number of ether oxygens (including phenoxy) is 1. The van der Waals surface area contributed by atoms with Crippen LogP contribution in [0.25, 0.3) is 5.76 Å². The summed E-state index contributed by atoms with van der Waals surface area (Å²) in [6.07, 6.45) is 2.96. The molecule has 0 radical (unpaired) electrons. The molecule has 2 aromatic heterocycles. The molecule has 35 heavy (non-hydrogen) atoms. The topological polar surface area (TPSA) is 93.1 Å². The number of benzene rings is 2. The number of aryl methyl sites for hydroxylation is 1. The zero-order valence-electron chi connectivity index (χ0n) is 19.0. The van der Waals surface area contributed by atoms with Gasteiger partial charge in [-0.05, 0) is 66.6 Å². The minimum Gasteiger partial charge on any atom is -0.507 e. The summed E-state index contributed by atoms with van der Waals surface area (Å²) in [5.41, 5.74) is 2.57. The molecule has 1 saturated heterocycles. The molecule has 1 atom stereocenters. The second kappa shape index (κ2) is 9.38. The van der Waals surface area contributed by atoms with Crippen LogP contribution in [0.4, 0.5) is 0 Å². The number of amides is 1. The smallest absolute Gasteiger partial charge is 0.296 e. The van der Waals surface area contributed by atoms with Crippen LogP contribution in [0.1, 0.15) is 34.3 Å². The molecule has 1 amide bonds. The van der Waals surface area contributed by atoms with Crippen molar-refractivity contribution in [1.29, 1.82) is 0 Å². The number of ketones is 1. The summed E-state index contributed by atoms with van der Waals surface area (Å²) in [5.74, 6) is -0.297. The summed E-state index contributed by atoms with van der Waals surface area (Å²) >= 11 is 0.